The number of esters is 1. The Morgan fingerprint density at radius 2 is 1.84 bits per heavy atom. The minimum absolute atomic E-state index is 0.0852. The molecule has 0 aliphatic carbocycles. The van der Waals surface area contributed by atoms with E-state index in [-0.39, 0.29) is 12.5 Å². The van der Waals surface area contributed by atoms with Crippen molar-refractivity contribution in [2.24, 2.45) is 4.99 Å². The molecule has 32 heavy (non-hydrogen) atoms. The third-order valence-corrected chi connectivity index (χ3v) is 6.40. The molecule has 0 spiro atoms. The van der Waals surface area contributed by atoms with Gasteiger partial charge in [-0.2, -0.15) is 0 Å². The Bertz CT molecular complexity index is 1320. The van der Waals surface area contributed by atoms with E-state index >= 15 is 0 Å². The van der Waals surface area contributed by atoms with Crippen LogP contribution in [0, 0.1) is 3.95 Å². The number of carbonyl (C=O) groups excluding carboxylic acids is 1. The second-order valence-electron chi connectivity index (χ2n) is 7.14. The first kappa shape index (κ1) is 21.9. The third kappa shape index (κ3) is 4.64. The Kier molecular flexibility index (Phi) is 6.78. The number of aromatic hydroxyl groups is 1. The summed E-state index contributed by atoms with van der Waals surface area (Å²) in [6, 6.07) is 22.7. The van der Waals surface area contributed by atoms with Crippen molar-refractivity contribution >= 4 is 52.2 Å². The van der Waals surface area contributed by atoms with Gasteiger partial charge in [0.25, 0.3) is 0 Å². The fourth-order valence-corrected chi connectivity index (χ4v) is 4.84. The number of aromatic nitrogens is 1. The molecule has 0 aliphatic rings. The molecule has 0 saturated carbocycles. The lowest BCUT2D eigenvalue weighted by molar-refractivity contribution is -0.147. The quantitative estimate of drug-likeness (QED) is 0.201. The smallest absolute Gasteiger partial charge is 0.329 e. The van der Waals surface area contributed by atoms with Crippen LogP contribution in [0.15, 0.2) is 77.8 Å². The predicted octanol–water partition coefficient (Wildman–Crippen LogP) is 6.24. The zero-order chi connectivity index (χ0) is 22.5. The number of benzene rings is 3. The molecule has 1 aromatic heterocycles. The van der Waals surface area contributed by atoms with Crippen LogP contribution < -0.4 is 0 Å². The van der Waals surface area contributed by atoms with Crippen molar-refractivity contribution in [2.75, 3.05) is 6.61 Å². The summed E-state index contributed by atoms with van der Waals surface area (Å²) in [5.74, 6) is -0.518. The van der Waals surface area contributed by atoms with Crippen molar-refractivity contribution in [1.82, 2.24) is 4.57 Å². The number of ether oxygens (including phenoxy) is 1. The standard InChI is InChI=1S/C25H22N2O3S2/c1-2-30-24(29)21(15-17-9-4-3-5-10-17)27-23(28)22(32-25(27)31)16-26-20-14-8-12-18-11-6-7-13-19(18)20/h3-14,16,21,28H,2,15H2,1H3. The van der Waals surface area contributed by atoms with E-state index in [2.05, 4.69) is 4.99 Å². The molecule has 162 valence electrons. The fourth-order valence-electron chi connectivity index (χ4n) is 3.56. The summed E-state index contributed by atoms with van der Waals surface area (Å²) < 4.78 is 7.13. The van der Waals surface area contributed by atoms with Crippen LogP contribution in [-0.4, -0.2) is 28.5 Å². The molecule has 0 aliphatic heterocycles. The van der Waals surface area contributed by atoms with Gasteiger partial charge in [0.05, 0.1) is 18.5 Å². The highest BCUT2D eigenvalue weighted by molar-refractivity contribution is 7.73. The lowest BCUT2D eigenvalue weighted by Crippen LogP contribution is -2.24. The molecule has 1 N–H and O–H groups in total. The zero-order valence-electron chi connectivity index (χ0n) is 17.5. The molecule has 1 unspecified atom stereocenters. The maximum Gasteiger partial charge on any atom is 0.329 e. The maximum absolute atomic E-state index is 12.8. The van der Waals surface area contributed by atoms with Gasteiger partial charge >= 0.3 is 5.97 Å². The first-order chi connectivity index (χ1) is 15.6. The number of fused-ring (bicyclic) bond motifs is 1. The van der Waals surface area contributed by atoms with Gasteiger partial charge in [-0.3, -0.25) is 9.56 Å². The van der Waals surface area contributed by atoms with E-state index in [1.165, 1.54) is 15.9 Å². The minimum atomic E-state index is -0.763. The van der Waals surface area contributed by atoms with Crippen LogP contribution in [0.1, 0.15) is 23.4 Å². The average molecular weight is 463 g/mol. The van der Waals surface area contributed by atoms with Gasteiger partial charge < -0.3 is 9.84 Å². The van der Waals surface area contributed by atoms with E-state index in [1.54, 1.807) is 13.1 Å². The number of aliphatic imine (C=N–C) groups is 1. The molecule has 0 fully saturated rings. The molecular formula is C25H22N2O3S2. The van der Waals surface area contributed by atoms with Crippen LogP contribution in [0.3, 0.4) is 0 Å². The van der Waals surface area contributed by atoms with Gasteiger partial charge in [0.1, 0.15) is 10.9 Å². The maximum atomic E-state index is 12.8. The normalized spacial score (nSPS) is 12.3. The van der Waals surface area contributed by atoms with Crippen molar-refractivity contribution in [3.8, 4) is 5.88 Å². The molecule has 0 bridgehead atoms. The van der Waals surface area contributed by atoms with E-state index in [0.29, 0.717) is 15.3 Å². The first-order valence-corrected chi connectivity index (χ1v) is 11.5. The van der Waals surface area contributed by atoms with Crippen molar-refractivity contribution < 1.29 is 14.6 Å². The summed E-state index contributed by atoms with van der Waals surface area (Å²) in [6.07, 6.45) is 1.96. The average Bonchev–Trinajstić information content (AvgIpc) is 3.09. The Labute approximate surface area is 195 Å². The van der Waals surface area contributed by atoms with Gasteiger partial charge in [0.15, 0.2) is 3.95 Å². The second kappa shape index (κ2) is 9.89. The second-order valence-corrected chi connectivity index (χ2v) is 8.82. The minimum Gasteiger partial charge on any atom is -0.493 e. The molecule has 1 atom stereocenters. The predicted molar refractivity (Wildman–Crippen MR) is 132 cm³/mol. The Hall–Kier alpha value is -3.29. The third-order valence-electron chi connectivity index (χ3n) is 5.07. The van der Waals surface area contributed by atoms with Crippen LogP contribution in [0.4, 0.5) is 5.69 Å². The summed E-state index contributed by atoms with van der Waals surface area (Å²) >= 11 is 6.73. The van der Waals surface area contributed by atoms with E-state index in [4.69, 9.17) is 17.0 Å². The highest BCUT2D eigenvalue weighted by atomic mass is 32.1. The van der Waals surface area contributed by atoms with Crippen LogP contribution in [-0.2, 0) is 16.0 Å². The van der Waals surface area contributed by atoms with Crippen LogP contribution in [0.2, 0.25) is 0 Å². The van der Waals surface area contributed by atoms with Crippen molar-refractivity contribution in [3.05, 3.63) is 87.2 Å². The topological polar surface area (TPSA) is 63.8 Å². The van der Waals surface area contributed by atoms with Gasteiger partial charge in [-0.15, -0.1) is 0 Å². The van der Waals surface area contributed by atoms with Gasteiger partial charge in [0.2, 0.25) is 5.88 Å². The van der Waals surface area contributed by atoms with Gasteiger partial charge in [-0.05, 0) is 36.2 Å². The Morgan fingerprint density at radius 1 is 1.12 bits per heavy atom. The van der Waals surface area contributed by atoms with Crippen molar-refractivity contribution in [3.63, 3.8) is 0 Å². The number of carbonyl (C=O) groups is 1. The Morgan fingerprint density at radius 3 is 2.62 bits per heavy atom. The van der Waals surface area contributed by atoms with Crippen molar-refractivity contribution in [1.29, 1.82) is 0 Å². The van der Waals surface area contributed by atoms with E-state index in [1.807, 2.05) is 72.8 Å². The molecule has 4 rings (SSSR count). The number of nitrogens with zero attached hydrogens (tertiary/aromatic N) is 2. The summed E-state index contributed by atoms with van der Waals surface area (Å²) in [5.41, 5.74) is 1.74. The molecule has 0 saturated heterocycles. The molecule has 5 nitrogen and oxygen atoms in total. The largest absolute Gasteiger partial charge is 0.493 e. The Balaban J connectivity index is 1.71. The fraction of sp³-hybridized carbons (Fsp3) is 0.160. The highest BCUT2D eigenvalue weighted by Gasteiger charge is 2.27. The molecule has 7 heteroatoms. The molecule has 4 aromatic rings. The van der Waals surface area contributed by atoms with Gasteiger partial charge in [-0.1, -0.05) is 78.1 Å². The first-order valence-electron chi connectivity index (χ1n) is 10.2. The SMILES string of the molecule is CCOC(=O)C(Cc1ccccc1)n1c(O)c(C=Nc2cccc3ccccc23)sc1=S. The number of hydrogen-bond acceptors (Lipinski definition) is 6. The lowest BCUT2D eigenvalue weighted by Gasteiger charge is -2.18. The van der Waals surface area contributed by atoms with Gasteiger partial charge in [-0.25, -0.2) is 4.79 Å². The lowest BCUT2D eigenvalue weighted by atomic mass is 10.1. The van der Waals surface area contributed by atoms with Crippen LogP contribution in [0.5, 0.6) is 5.88 Å². The zero-order valence-corrected chi connectivity index (χ0v) is 19.1. The molecule has 0 radical (unpaired) electrons. The summed E-state index contributed by atoms with van der Waals surface area (Å²) in [4.78, 5) is 17.8. The monoisotopic (exact) mass is 462 g/mol. The number of hydrogen-bond donors (Lipinski definition) is 1. The molecular weight excluding hydrogens is 440 g/mol. The number of rotatable bonds is 7. The van der Waals surface area contributed by atoms with Crippen molar-refractivity contribution in [2.45, 2.75) is 19.4 Å². The highest BCUT2D eigenvalue weighted by Crippen LogP contribution is 2.32. The van der Waals surface area contributed by atoms with E-state index in [0.717, 1.165) is 22.0 Å². The number of thiazole rings is 1. The summed E-state index contributed by atoms with van der Waals surface area (Å²) in [5, 5.41) is 13.1. The van der Waals surface area contributed by atoms with E-state index in [9.17, 15) is 9.90 Å². The van der Waals surface area contributed by atoms with Crippen LogP contribution in [0.25, 0.3) is 10.8 Å². The van der Waals surface area contributed by atoms with Gasteiger partial charge in [0, 0.05) is 11.8 Å². The summed E-state index contributed by atoms with van der Waals surface area (Å²) in [7, 11) is 0. The van der Waals surface area contributed by atoms with E-state index < -0.39 is 12.0 Å². The molecule has 1 heterocycles. The molecule has 3 aromatic carbocycles. The summed E-state index contributed by atoms with van der Waals surface area (Å²) in [6.45, 7) is 2.00. The molecule has 0 amide bonds. The van der Waals surface area contributed by atoms with Crippen LogP contribution >= 0.6 is 23.6 Å².